The van der Waals surface area contributed by atoms with Crippen LogP contribution < -0.4 is 5.32 Å². The molecule has 1 heterocycles. The molecule has 19 heavy (non-hydrogen) atoms. The first kappa shape index (κ1) is 14.3. The van der Waals surface area contributed by atoms with Crippen LogP contribution in [0.3, 0.4) is 0 Å². The van der Waals surface area contributed by atoms with Gasteiger partial charge in [-0.25, -0.2) is 4.39 Å². The van der Waals surface area contributed by atoms with Gasteiger partial charge in [0.2, 0.25) is 0 Å². The third-order valence-electron chi connectivity index (χ3n) is 3.64. The largest absolute Gasteiger partial charge is 0.508 e. The van der Waals surface area contributed by atoms with Crippen LogP contribution in [0.25, 0.3) is 0 Å². The molecule has 3 nitrogen and oxygen atoms in total. The Morgan fingerprint density at radius 3 is 3.00 bits per heavy atom. The van der Waals surface area contributed by atoms with E-state index in [0.29, 0.717) is 11.7 Å². The summed E-state index contributed by atoms with van der Waals surface area (Å²) in [6.07, 6.45) is 4.85. The normalized spacial score (nSPS) is 21.3. The Kier molecular flexibility index (Phi) is 5.16. The van der Waals surface area contributed by atoms with Gasteiger partial charge >= 0.3 is 0 Å². The summed E-state index contributed by atoms with van der Waals surface area (Å²) < 4.78 is 19.3. The second kappa shape index (κ2) is 6.87. The molecule has 2 atom stereocenters. The summed E-state index contributed by atoms with van der Waals surface area (Å²) in [6, 6.07) is 4.22. The predicted molar refractivity (Wildman–Crippen MR) is 72.7 cm³/mol. The van der Waals surface area contributed by atoms with Crippen molar-refractivity contribution >= 4 is 0 Å². The maximum Gasteiger partial charge on any atom is 0.131 e. The van der Waals surface area contributed by atoms with E-state index in [4.69, 9.17) is 4.74 Å². The summed E-state index contributed by atoms with van der Waals surface area (Å²) in [6.45, 7) is 3.61. The third kappa shape index (κ3) is 4.18. The average Bonchev–Trinajstić information content (AvgIpc) is 2.39. The first-order valence-electron chi connectivity index (χ1n) is 7.00. The highest BCUT2D eigenvalue weighted by atomic mass is 19.1. The van der Waals surface area contributed by atoms with Gasteiger partial charge in [0.1, 0.15) is 11.6 Å². The lowest BCUT2D eigenvalue weighted by atomic mass is 10.0. The maximum absolute atomic E-state index is 13.7. The Labute approximate surface area is 113 Å². The molecule has 0 aromatic heterocycles. The van der Waals surface area contributed by atoms with Crippen molar-refractivity contribution < 1.29 is 14.2 Å². The van der Waals surface area contributed by atoms with Crippen LogP contribution in [0.15, 0.2) is 18.2 Å². The second-order valence-electron chi connectivity index (χ2n) is 5.16. The molecule has 2 unspecified atom stereocenters. The zero-order chi connectivity index (χ0) is 13.7. The van der Waals surface area contributed by atoms with Gasteiger partial charge in [-0.2, -0.15) is 0 Å². The van der Waals surface area contributed by atoms with Crippen LogP contribution in [-0.4, -0.2) is 24.4 Å². The lowest BCUT2D eigenvalue weighted by Crippen LogP contribution is -2.27. The van der Waals surface area contributed by atoms with Gasteiger partial charge in [0.05, 0.1) is 6.10 Å². The van der Waals surface area contributed by atoms with E-state index in [1.165, 1.54) is 18.9 Å². The number of benzene rings is 1. The molecule has 0 aliphatic carbocycles. The Hall–Kier alpha value is -1.13. The highest BCUT2D eigenvalue weighted by Crippen LogP contribution is 2.21. The van der Waals surface area contributed by atoms with Crippen molar-refractivity contribution in [3.63, 3.8) is 0 Å². The van der Waals surface area contributed by atoms with Gasteiger partial charge in [-0.3, -0.25) is 0 Å². The number of aromatic hydroxyl groups is 1. The molecule has 1 aromatic carbocycles. The molecular weight excluding hydrogens is 245 g/mol. The van der Waals surface area contributed by atoms with Crippen molar-refractivity contribution in [3.8, 4) is 5.75 Å². The van der Waals surface area contributed by atoms with E-state index in [1.54, 1.807) is 6.07 Å². The van der Waals surface area contributed by atoms with E-state index in [1.807, 2.05) is 6.92 Å². The van der Waals surface area contributed by atoms with Crippen molar-refractivity contribution in [3.05, 3.63) is 29.6 Å². The van der Waals surface area contributed by atoms with E-state index >= 15 is 0 Å². The molecule has 4 heteroatoms. The summed E-state index contributed by atoms with van der Waals surface area (Å²) in [4.78, 5) is 0. The number of phenolic OH excluding ortho intramolecular Hbond substituents is 1. The number of phenols is 1. The molecule has 1 fully saturated rings. The molecule has 1 aliphatic rings. The van der Waals surface area contributed by atoms with E-state index in [0.717, 1.165) is 32.1 Å². The van der Waals surface area contributed by atoms with Crippen LogP contribution in [-0.2, 0) is 4.74 Å². The number of nitrogens with one attached hydrogen (secondary N) is 1. The lowest BCUT2D eigenvalue weighted by Gasteiger charge is -2.23. The lowest BCUT2D eigenvalue weighted by molar-refractivity contribution is 0.0112. The molecule has 106 valence electrons. The summed E-state index contributed by atoms with van der Waals surface area (Å²) in [7, 11) is 0. The minimum Gasteiger partial charge on any atom is -0.508 e. The van der Waals surface area contributed by atoms with Crippen LogP contribution >= 0.6 is 0 Å². The summed E-state index contributed by atoms with van der Waals surface area (Å²) in [5.74, 6) is -0.405. The van der Waals surface area contributed by atoms with Crippen LogP contribution in [0.5, 0.6) is 5.75 Å². The number of halogens is 1. The van der Waals surface area contributed by atoms with Crippen LogP contribution in [0, 0.1) is 5.82 Å². The van der Waals surface area contributed by atoms with Gasteiger partial charge in [0.15, 0.2) is 0 Å². The van der Waals surface area contributed by atoms with Gasteiger partial charge in [-0.1, -0.05) is 6.07 Å². The van der Waals surface area contributed by atoms with Crippen molar-refractivity contribution in [2.24, 2.45) is 0 Å². The zero-order valence-corrected chi connectivity index (χ0v) is 11.4. The quantitative estimate of drug-likeness (QED) is 0.861. The Balaban J connectivity index is 1.78. The highest BCUT2D eigenvalue weighted by molar-refractivity contribution is 5.29. The zero-order valence-electron chi connectivity index (χ0n) is 11.4. The monoisotopic (exact) mass is 267 g/mol. The smallest absolute Gasteiger partial charge is 0.131 e. The first-order valence-corrected chi connectivity index (χ1v) is 7.00. The van der Waals surface area contributed by atoms with Gasteiger partial charge in [-0.05, 0) is 45.2 Å². The summed E-state index contributed by atoms with van der Waals surface area (Å²) >= 11 is 0. The van der Waals surface area contributed by atoms with Crippen molar-refractivity contribution in [1.29, 1.82) is 0 Å². The Morgan fingerprint density at radius 2 is 2.32 bits per heavy atom. The fraction of sp³-hybridized carbons (Fsp3) is 0.600. The van der Waals surface area contributed by atoms with Gasteiger partial charge < -0.3 is 15.2 Å². The first-order chi connectivity index (χ1) is 9.16. The molecule has 0 amide bonds. The van der Waals surface area contributed by atoms with Crippen LogP contribution in [0.1, 0.15) is 44.2 Å². The Bertz CT molecular complexity index is 405. The summed E-state index contributed by atoms with van der Waals surface area (Å²) in [5.41, 5.74) is 0.586. The van der Waals surface area contributed by atoms with E-state index < -0.39 is 0 Å². The molecular formula is C15H22FNO2. The molecule has 1 aromatic rings. The molecule has 2 N–H and O–H groups in total. The Morgan fingerprint density at radius 1 is 1.47 bits per heavy atom. The standard InChI is InChI=1S/C15H22FNO2/c1-11(14-6-5-12(18)10-15(14)16)17-8-7-13-4-2-3-9-19-13/h5-6,10-11,13,17-18H,2-4,7-9H2,1H3. The van der Waals surface area contributed by atoms with Gasteiger partial charge in [0, 0.05) is 24.3 Å². The topological polar surface area (TPSA) is 41.5 Å². The third-order valence-corrected chi connectivity index (χ3v) is 3.64. The minimum absolute atomic E-state index is 0.0379. The number of ether oxygens (including phenoxy) is 1. The molecule has 0 saturated carbocycles. The maximum atomic E-state index is 13.7. The second-order valence-corrected chi connectivity index (χ2v) is 5.16. The van der Waals surface area contributed by atoms with Gasteiger partial charge in [0.25, 0.3) is 0 Å². The molecule has 1 saturated heterocycles. The average molecular weight is 267 g/mol. The van der Waals surface area contributed by atoms with Gasteiger partial charge in [-0.15, -0.1) is 0 Å². The van der Waals surface area contributed by atoms with E-state index in [-0.39, 0.29) is 17.6 Å². The fourth-order valence-electron chi connectivity index (χ4n) is 2.47. The molecule has 2 rings (SSSR count). The number of rotatable bonds is 5. The summed E-state index contributed by atoms with van der Waals surface area (Å²) in [5, 5.41) is 12.5. The van der Waals surface area contributed by atoms with E-state index in [2.05, 4.69) is 5.32 Å². The fourth-order valence-corrected chi connectivity index (χ4v) is 2.47. The van der Waals surface area contributed by atoms with Crippen LogP contribution in [0.4, 0.5) is 4.39 Å². The van der Waals surface area contributed by atoms with Crippen molar-refractivity contribution in [2.75, 3.05) is 13.2 Å². The molecule has 1 aliphatic heterocycles. The number of hydrogen-bond donors (Lipinski definition) is 2. The minimum atomic E-state index is -0.367. The van der Waals surface area contributed by atoms with Crippen LogP contribution in [0.2, 0.25) is 0 Å². The van der Waals surface area contributed by atoms with Crippen molar-refractivity contribution in [1.82, 2.24) is 5.32 Å². The molecule has 0 spiro atoms. The molecule has 0 radical (unpaired) electrons. The van der Waals surface area contributed by atoms with E-state index in [9.17, 15) is 9.50 Å². The predicted octanol–water partition coefficient (Wildman–Crippen LogP) is 3.14. The number of hydrogen-bond acceptors (Lipinski definition) is 3. The molecule has 0 bridgehead atoms. The highest BCUT2D eigenvalue weighted by Gasteiger charge is 2.15. The van der Waals surface area contributed by atoms with Crippen molar-refractivity contribution in [2.45, 2.75) is 44.8 Å². The SMILES string of the molecule is CC(NCCC1CCCCO1)c1ccc(O)cc1F.